The molecule has 10 heteroatoms. The van der Waals surface area contributed by atoms with E-state index in [1.165, 1.54) is 0 Å². The van der Waals surface area contributed by atoms with E-state index in [-0.39, 0.29) is 18.7 Å². The molecule has 0 saturated carbocycles. The van der Waals surface area contributed by atoms with Crippen molar-refractivity contribution in [2.24, 2.45) is 0 Å². The summed E-state index contributed by atoms with van der Waals surface area (Å²) < 4.78 is 32.4. The van der Waals surface area contributed by atoms with E-state index in [1.807, 2.05) is 47.1 Å². The summed E-state index contributed by atoms with van der Waals surface area (Å²) in [6.07, 6.45) is 4.70. The van der Waals surface area contributed by atoms with E-state index in [0.717, 1.165) is 30.2 Å². The molecule has 1 aliphatic rings. The smallest absolute Gasteiger partial charge is 0.410 e. The number of sulfonamides is 1. The Hall–Kier alpha value is -3.40. The molecule has 0 aliphatic carbocycles. The van der Waals surface area contributed by atoms with Crippen LogP contribution in [0.3, 0.4) is 0 Å². The van der Waals surface area contributed by atoms with Crippen LogP contribution >= 0.6 is 0 Å². The minimum atomic E-state index is -3.29. The van der Waals surface area contributed by atoms with Crippen LogP contribution in [0.25, 0.3) is 0 Å². The summed E-state index contributed by atoms with van der Waals surface area (Å²) >= 11 is 0. The van der Waals surface area contributed by atoms with Crippen LogP contribution in [0.4, 0.5) is 10.5 Å². The van der Waals surface area contributed by atoms with Gasteiger partial charge in [0, 0.05) is 25.2 Å². The van der Waals surface area contributed by atoms with Crippen LogP contribution in [0.2, 0.25) is 0 Å². The molecule has 1 fully saturated rings. The molecule has 4 rings (SSSR count). The van der Waals surface area contributed by atoms with Crippen LogP contribution in [-0.4, -0.2) is 53.5 Å². The lowest BCUT2D eigenvalue weighted by molar-refractivity contribution is 0.0821. The molecule has 1 saturated heterocycles. The molecule has 174 valence electrons. The monoisotopic (exact) mass is 469 g/mol. The zero-order valence-electron chi connectivity index (χ0n) is 18.4. The van der Waals surface area contributed by atoms with Crippen LogP contribution in [0, 0.1) is 0 Å². The molecule has 2 aromatic carbocycles. The normalized spacial score (nSPS) is 14.8. The van der Waals surface area contributed by atoms with E-state index in [4.69, 9.17) is 4.74 Å². The Labute approximate surface area is 193 Å². The number of piperidine rings is 1. The number of benzene rings is 2. The average molecular weight is 470 g/mol. The van der Waals surface area contributed by atoms with E-state index in [2.05, 4.69) is 14.8 Å². The Morgan fingerprint density at radius 3 is 2.42 bits per heavy atom. The van der Waals surface area contributed by atoms with Gasteiger partial charge in [0.2, 0.25) is 10.0 Å². The van der Waals surface area contributed by atoms with Gasteiger partial charge >= 0.3 is 6.09 Å². The Bertz CT molecular complexity index is 1170. The third-order valence-electron chi connectivity index (χ3n) is 5.48. The first kappa shape index (κ1) is 22.8. The summed E-state index contributed by atoms with van der Waals surface area (Å²) in [6.45, 7) is 1.50. The third-order valence-corrected chi connectivity index (χ3v) is 6.08. The Morgan fingerprint density at radius 1 is 1.06 bits per heavy atom. The first-order chi connectivity index (χ1) is 15.9. The van der Waals surface area contributed by atoms with Crippen molar-refractivity contribution in [3.8, 4) is 0 Å². The van der Waals surface area contributed by atoms with Crippen molar-refractivity contribution in [2.75, 3.05) is 24.1 Å². The maximum Gasteiger partial charge on any atom is 0.410 e. The molecule has 1 N–H and O–H groups in total. The van der Waals surface area contributed by atoms with Crippen molar-refractivity contribution in [3.63, 3.8) is 0 Å². The minimum Gasteiger partial charge on any atom is -0.445 e. The van der Waals surface area contributed by atoms with E-state index in [1.54, 1.807) is 23.4 Å². The van der Waals surface area contributed by atoms with Crippen LogP contribution in [0.1, 0.15) is 35.8 Å². The zero-order chi connectivity index (χ0) is 23.3. The Balaban J connectivity index is 1.26. The van der Waals surface area contributed by atoms with Gasteiger partial charge in [-0.25, -0.2) is 22.9 Å². The fourth-order valence-corrected chi connectivity index (χ4v) is 4.34. The number of amides is 1. The highest BCUT2D eigenvalue weighted by atomic mass is 32.2. The van der Waals surface area contributed by atoms with Crippen molar-refractivity contribution < 1.29 is 17.9 Å². The summed E-state index contributed by atoms with van der Waals surface area (Å²) in [6, 6.07) is 17.0. The van der Waals surface area contributed by atoms with Crippen molar-refractivity contribution in [1.82, 2.24) is 19.7 Å². The fourth-order valence-electron chi connectivity index (χ4n) is 3.78. The summed E-state index contributed by atoms with van der Waals surface area (Å²) in [7, 11) is -3.29. The molecule has 0 radical (unpaired) electrons. The third kappa shape index (κ3) is 6.55. The lowest BCUT2D eigenvalue weighted by Crippen LogP contribution is -2.39. The molecule has 0 spiro atoms. The summed E-state index contributed by atoms with van der Waals surface area (Å²) in [5.74, 6) is 0.698. The molecule has 2 heterocycles. The summed E-state index contributed by atoms with van der Waals surface area (Å²) in [4.78, 5) is 18.5. The summed E-state index contributed by atoms with van der Waals surface area (Å²) in [5.41, 5.74) is 2.48. The predicted molar refractivity (Wildman–Crippen MR) is 124 cm³/mol. The predicted octanol–water partition coefficient (Wildman–Crippen LogP) is 3.21. The van der Waals surface area contributed by atoms with Gasteiger partial charge in [0.25, 0.3) is 0 Å². The molecule has 0 bridgehead atoms. The van der Waals surface area contributed by atoms with Gasteiger partial charge in [0.1, 0.15) is 12.9 Å². The largest absolute Gasteiger partial charge is 0.445 e. The number of anilines is 1. The number of hydrogen-bond donors (Lipinski definition) is 1. The van der Waals surface area contributed by atoms with Gasteiger partial charge in [-0.1, -0.05) is 42.5 Å². The highest BCUT2D eigenvalue weighted by molar-refractivity contribution is 7.92. The second-order valence-corrected chi connectivity index (χ2v) is 9.90. The molecule has 9 nitrogen and oxygen atoms in total. The average Bonchev–Trinajstić information content (AvgIpc) is 3.27. The van der Waals surface area contributed by atoms with Crippen molar-refractivity contribution >= 4 is 21.8 Å². The number of likely N-dealkylation sites (tertiary alicyclic amines) is 1. The standard InChI is InChI=1S/C23H27N5O4S/c1-33(30,31)26-20-9-7-18(8-10-20)15-22-24-17-28(25-22)21-11-13-27(14-12-21)23(29)32-16-19-5-3-2-4-6-19/h2-10,17,21,26H,11-16H2,1H3. The first-order valence-corrected chi connectivity index (χ1v) is 12.7. The van der Waals surface area contributed by atoms with Crippen LogP contribution in [0.5, 0.6) is 0 Å². The lowest BCUT2D eigenvalue weighted by Gasteiger charge is -2.31. The number of aromatic nitrogens is 3. The van der Waals surface area contributed by atoms with Gasteiger partial charge in [-0.15, -0.1) is 0 Å². The molecule has 0 unspecified atom stereocenters. The second-order valence-electron chi connectivity index (χ2n) is 8.15. The van der Waals surface area contributed by atoms with E-state index < -0.39 is 10.0 Å². The maximum atomic E-state index is 12.4. The molecule has 1 aromatic heterocycles. The van der Waals surface area contributed by atoms with Gasteiger partial charge in [-0.2, -0.15) is 5.10 Å². The fraction of sp³-hybridized carbons (Fsp3) is 0.348. The molecule has 1 amide bonds. The van der Waals surface area contributed by atoms with Crippen LogP contribution in [0.15, 0.2) is 60.9 Å². The van der Waals surface area contributed by atoms with Gasteiger partial charge in [-0.3, -0.25) is 4.72 Å². The van der Waals surface area contributed by atoms with Gasteiger partial charge < -0.3 is 9.64 Å². The zero-order valence-corrected chi connectivity index (χ0v) is 19.2. The topological polar surface area (TPSA) is 106 Å². The molecule has 3 aromatic rings. The SMILES string of the molecule is CS(=O)(=O)Nc1ccc(Cc2ncn(C3CCN(C(=O)OCc4ccccc4)CC3)n2)cc1. The quantitative estimate of drug-likeness (QED) is 0.570. The number of carbonyl (C=O) groups is 1. The number of carbonyl (C=O) groups excluding carboxylic acids is 1. The number of hydrogen-bond acceptors (Lipinski definition) is 6. The maximum absolute atomic E-state index is 12.4. The highest BCUT2D eigenvalue weighted by Crippen LogP contribution is 2.22. The first-order valence-electron chi connectivity index (χ1n) is 10.8. The van der Waals surface area contributed by atoms with Gasteiger partial charge in [0.05, 0.1) is 12.3 Å². The van der Waals surface area contributed by atoms with Crippen LogP contribution < -0.4 is 4.72 Å². The number of ether oxygens (including phenoxy) is 1. The minimum absolute atomic E-state index is 0.186. The van der Waals surface area contributed by atoms with Crippen molar-refractivity contribution in [1.29, 1.82) is 0 Å². The second kappa shape index (κ2) is 10.0. The Kier molecular flexibility index (Phi) is 6.93. The van der Waals surface area contributed by atoms with Crippen molar-refractivity contribution in [3.05, 3.63) is 77.9 Å². The molecular formula is C23H27N5O4S. The summed E-state index contributed by atoms with van der Waals surface area (Å²) in [5, 5.41) is 4.62. The lowest BCUT2D eigenvalue weighted by atomic mass is 10.1. The Morgan fingerprint density at radius 2 is 1.76 bits per heavy atom. The van der Waals surface area contributed by atoms with E-state index in [0.29, 0.717) is 31.0 Å². The van der Waals surface area contributed by atoms with E-state index >= 15 is 0 Å². The van der Waals surface area contributed by atoms with E-state index in [9.17, 15) is 13.2 Å². The molecule has 0 atom stereocenters. The highest BCUT2D eigenvalue weighted by Gasteiger charge is 2.25. The van der Waals surface area contributed by atoms with Crippen LogP contribution in [-0.2, 0) is 27.8 Å². The number of nitrogens with zero attached hydrogens (tertiary/aromatic N) is 4. The number of rotatable bonds is 7. The van der Waals surface area contributed by atoms with Gasteiger partial charge in [-0.05, 0) is 36.1 Å². The molecule has 1 aliphatic heterocycles. The van der Waals surface area contributed by atoms with Gasteiger partial charge in [0.15, 0.2) is 5.82 Å². The van der Waals surface area contributed by atoms with Crippen molar-refractivity contribution in [2.45, 2.75) is 31.9 Å². The number of nitrogens with one attached hydrogen (secondary N) is 1. The molecular weight excluding hydrogens is 442 g/mol. The molecule has 33 heavy (non-hydrogen) atoms.